The molecule has 0 unspecified atom stereocenters. The van der Waals surface area contributed by atoms with Crippen LogP contribution in [0.1, 0.15) is 18.9 Å². The monoisotopic (exact) mass is 337 g/mol. The van der Waals surface area contributed by atoms with Gasteiger partial charge in [0.15, 0.2) is 0 Å². The Kier molecular flexibility index (Phi) is 5.20. The minimum atomic E-state index is -1.05. The summed E-state index contributed by atoms with van der Waals surface area (Å²) in [5.41, 5.74) is 0.795. The molecule has 1 atom stereocenters. The highest BCUT2D eigenvalue weighted by Gasteiger charge is 2.39. The Balaban J connectivity index is 2.31. The van der Waals surface area contributed by atoms with Crippen LogP contribution in [0.5, 0.6) is 5.75 Å². The van der Waals surface area contributed by atoms with Crippen molar-refractivity contribution in [1.29, 1.82) is 0 Å². The highest BCUT2D eigenvalue weighted by molar-refractivity contribution is 8.26. The van der Waals surface area contributed by atoms with E-state index >= 15 is 0 Å². The summed E-state index contributed by atoms with van der Waals surface area (Å²) in [4.78, 5) is 25.3. The fourth-order valence-corrected chi connectivity index (χ4v) is 3.46. The third-order valence-electron chi connectivity index (χ3n) is 3.20. The zero-order valence-electron chi connectivity index (χ0n) is 12.1. The smallest absolute Gasteiger partial charge is 0.326 e. The normalized spacial score (nSPS) is 17.9. The molecule has 5 nitrogen and oxygen atoms in total. The molecule has 7 heteroatoms. The number of carboxylic acid groups (broad SMARTS) is 1. The molecule has 1 N–H and O–H groups in total. The largest absolute Gasteiger partial charge is 0.497 e. The summed E-state index contributed by atoms with van der Waals surface area (Å²) >= 11 is 6.28. The van der Waals surface area contributed by atoms with E-state index in [0.717, 1.165) is 17.3 Å². The predicted molar refractivity (Wildman–Crippen MR) is 89.7 cm³/mol. The number of thiocarbonyl (C=S) groups is 1. The Hall–Kier alpha value is -1.86. The van der Waals surface area contributed by atoms with Crippen LogP contribution < -0.4 is 4.74 Å². The van der Waals surface area contributed by atoms with Gasteiger partial charge in [-0.2, -0.15) is 0 Å². The van der Waals surface area contributed by atoms with Gasteiger partial charge in [0.2, 0.25) is 0 Å². The van der Waals surface area contributed by atoms with Crippen molar-refractivity contribution in [3.05, 3.63) is 34.7 Å². The van der Waals surface area contributed by atoms with Crippen molar-refractivity contribution < 1.29 is 19.4 Å². The van der Waals surface area contributed by atoms with Crippen LogP contribution in [0.4, 0.5) is 0 Å². The van der Waals surface area contributed by atoms with E-state index < -0.39 is 12.0 Å². The molecule has 1 saturated heterocycles. The molecule has 116 valence electrons. The van der Waals surface area contributed by atoms with E-state index in [4.69, 9.17) is 17.0 Å². The lowest BCUT2D eigenvalue weighted by atomic mass is 10.1. The van der Waals surface area contributed by atoms with Gasteiger partial charge in [-0.05, 0) is 30.2 Å². The first-order valence-electron chi connectivity index (χ1n) is 6.61. The van der Waals surface area contributed by atoms with Crippen LogP contribution in [0.15, 0.2) is 29.2 Å². The molecule has 1 aliphatic rings. The zero-order valence-corrected chi connectivity index (χ0v) is 13.7. The molecule has 0 aromatic heterocycles. The SMILES string of the molecule is CC[C@@H](C(=O)O)N1C(=O)/C(=C/c2cccc(OC)c2)SC1=S. The number of aliphatic carboxylic acids is 1. The summed E-state index contributed by atoms with van der Waals surface area (Å²) in [5, 5.41) is 9.21. The minimum Gasteiger partial charge on any atom is -0.497 e. The Morgan fingerprint density at radius 3 is 2.86 bits per heavy atom. The van der Waals surface area contributed by atoms with Crippen molar-refractivity contribution in [2.75, 3.05) is 7.11 Å². The standard InChI is InChI=1S/C15H15NO4S2/c1-3-11(14(18)19)16-13(17)12(22-15(16)21)8-9-5-4-6-10(7-9)20-2/h4-8,11H,3H2,1-2H3,(H,18,19)/b12-8-/t11-/m0/s1. The number of carbonyl (C=O) groups excluding carboxylic acids is 1. The molecule has 0 bridgehead atoms. The number of carbonyl (C=O) groups is 2. The van der Waals surface area contributed by atoms with Crippen molar-refractivity contribution in [2.45, 2.75) is 19.4 Å². The lowest BCUT2D eigenvalue weighted by Gasteiger charge is -2.21. The highest BCUT2D eigenvalue weighted by Crippen LogP contribution is 2.34. The van der Waals surface area contributed by atoms with E-state index in [-0.39, 0.29) is 10.2 Å². The summed E-state index contributed by atoms with van der Waals surface area (Å²) < 4.78 is 5.41. The van der Waals surface area contributed by atoms with Gasteiger partial charge in [-0.3, -0.25) is 9.69 Å². The summed E-state index contributed by atoms with van der Waals surface area (Å²) in [5.74, 6) is -0.741. The average Bonchev–Trinajstić information content (AvgIpc) is 2.76. The van der Waals surface area contributed by atoms with Crippen molar-refractivity contribution in [3.8, 4) is 5.75 Å². The first kappa shape index (κ1) is 16.5. The maximum atomic E-state index is 12.4. The second-order valence-electron chi connectivity index (χ2n) is 4.59. The number of carboxylic acids is 1. The van der Waals surface area contributed by atoms with Gasteiger partial charge in [-0.1, -0.05) is 43.0 Å². The van der Waals surface area contributed by atoms with E-state index in [2.05, 4.69) is 0 Å². The van der Waals surface area contributed by atoms with E-state index in [0.29, 0.717) is 17.1 Å². The number of rotatable bonds is 5. The number of amides is 1. The van der Waals surface area contributed by atoms with Crippen LogP contribution in [0.3, 0.4) is 0 Å². The highest BCUT2D eigenvalue weighted by atomic mass is 32.2. The van der Waals surface area contributed by atoms with Gasteiger partial charge in [-0.15, -0.1) is 0 Å². The lowest BCUT2D eigenvalue weighted by molar-refractivity contribution is -0.145. The van der Waals surface area contributed by atoms with Crippen molar-refractivity contribution in [3.63, 3.8) is 0 Å². The van der Waals surface area contributed by atoms with Crippen molar-refractivity contribution in [1.82, 2.24) is 4.90 Å². The molecule has 1 aromatic rings. The number of thioether (sulfide) groups is 1. The van der Waals surface area contributed by atoms with Crippen LogP contribution in [-0.2, 0) is 9.59 Å². The van der Waals surface area contributed by atoms with E-state index in [1.54, 1.807) is 32.2 Å². The molecule has 1 aromatic carbocycles. The Morgan fingerprint density at radius 2 is 2.27 bits per heavy atom. The maximum Gasteiger partial charge on any atom is 0.326 e. The quantitative estimate of drug-likeness (QED) is 0.658. The maximum absolute atomic E-state index is 12.4. The van der Waals surface area contributed by atoms with Crippen molar-refractivity contribution >= 4 is 46.3 Å². The van der Waals surface area contributed by atoms with Crippen LogP contribution in [-0.4, -0.2) is 39.4 Å². The number of hydrogen-bond donors (Lipinski definition) is 1. The summed E-state index contributed by atoms with van der Waals surface area (Å²) in [6.07, 6.45) is 1.99. The number of nitrogens with zero attached hydrogens (tertiary/aromatic N) is 1. The summed E-state index contributed by atoms with van der Waals surface area (Å²) in [6.45, 7) is 1.71. The van der Waals surface area contributed by atoms with Crippen LogP contribution in [0.25, 0.3) is 6.08 Å². The number of hydrogen-bond acceptors (Lipinski definition) is 5. The molecule has 2 rings (SSSR count). The number of benzene rings is 1. The topological polar surface area (TPSA) is 66.8 Å². The number of ether oxygens (including phenoxy) is 1. The van der Waals surface area contributed by atoms with Gasteiger partial charge in [0.1, 0.15) is 16.1 Å². The molecular weight excluding hydrogens is 322 g/mol. The zero-order chi connectivity index (χ0) is 16.3. The average molecular weight is 337 g/mol. The second kappa shape index (κ2) is 6.93. The first-order chi connectivity index (χ1) is 10.5. The molecule has 0 aliphatic carbocycles. The van der Waals surface area contributed by atoms with Gasteiger partial charge in [-0.25, -0.2) is 4.79 Å². The Morgan fingerprint density at radius 1 is 1.55 bits per heavy atom. The number of methoxy groups -OCH3 is 1. The lowest BCUT2D eigenvalue weighted by Crippen LogP contribution is -2.43. The van der Waals surface area contributed by atoms with Gasteiger partial charge < -0.3 is 9.84 Å². The fraction of sp³-hybridized carbons (Fsp3) is 0.267. The van der Waals surface area contributed by atoms with Gasteiger partial charge in [0.25, 0.3) is 5.91 Å². The van der Waals surface area contributed by atoms with Gasteiger partial charge in [0, 0.05) is 0 Å². The molecule has 0 saturated carbocycles. The summed E-state index contributed by atoms with van der Waals surface area (Å²) in [6, 6.07) is 6.33. The van der Waals surface area contributed by atoms with Crippen LogP contribution in [0, 0.1) is 0 Å². The van der Waals surface area contributed by atoms with E-state index in [1.165, 1.54) is 4.90 Å². The predicted octanol–water partition coefficient (Wildman–Crippen LogP) is 2.76. The molecule has 0 radical (unpaired) electrons. The Labute approximate surface area is 137 Å². The first-order valence-corrected chi connectivity index (χ1v) is 7.84. The fourth-order valence-electron chi connectivity index (χ4n) is 2.10. The third-order valence-corrected chi connectivity index (χ3v) is 4.53. The molecule has 1 amide bonds. The van der Waals surface area contributed by atoms with E-state index in [9.17, 15) is 14.7 Å². The molecule has 1 aliphatic heterocycles. The molecular formula is C15H15NO4S2. The molecule has 0 spiro atoms. The molecule has 1 heterocycles. The second-order valence-corrected chi connectivity index (χ2v) is 6.27. The van der Waals surface area contributed by atoms with Crippen molar-refractivity contribution in [2.24, 2.45) is 0 Å². The third kappa shape index (κ3) is 3.31. The minimum absolute atomic E-state index is 0.272. The Bertz CT molecular complexity index is 657. The summed E-state index contributed by atoms with van der Waals surface area (Å²) in [7, 11) is 1.57. The molecule has 22 heavy (non-hydrogen) atoms. The molecule has 1 fully saturated rings. The van der Waals surface area contributed by atoms with E-state index in [1.807, 2.05) is 12.1 Å². The van der Waals surface area contributed by atoms with Gasteiger partial charge >= 0.3 is 5.97 Å². The van der Waals surface area contributed by atoms with Crippen LogP contribution >= 0.6 is 24.0 Å². The van der Waals surface area contributed by atoms with Crippen LogP contribution in [0.2, 0.25) is 0 Å². The van der Waals surface area contributed by atoms with Gasteiger partial charge in [0.05, 0.1) is 12.0 Å².